The van der Waals surface area contributed by atoms with E-state index in [0.29, 0.717) is 24.1 Å². The lowest BCUT2D eigenvalue weighted by atomic mass is 9.79. The molecule has 0 aromatic heterocycles. The molecule has 0 amide bonds. The number of ether oxygens (including phenoxy) is 1. The van der Waals surface area contributed by atoms with Crippen LogP contribution in [0.15, 0.2) is 150 Å². The minimum atomic E-state index is -0.434. The van der Waals surface area contributed by atoms with Crippen LogP contribution in [0.2, 0.25) is 0 Å². The number of allylic oxidation sites excluding steroid dienone is 6. The quantitative estimate of drug-likeness (QED) is 0.0655. The Labute approximate surface area is 347 Å². The van der Waals surface area contributed by atoms with Gasteiger partial charge in [-0.25, -0.2) is 4.79 Å². The van der Waals surface area contributed by atoms with Gasteiger partial charge in [-0.2, -0.15) is 4.58 Å². The summed E-state index contributed by atoms with van der Waals surface area (Å²) in [5.41, 5.74) is 10.8. The lowest BCUT2D eigenvalue weighted by Crippen LogP contribution is -3.00. The number of esters is 1. The molecule has 1 unspecified atom stereocenters. The van der Waals surface area contributed by atoms with Crippen molar-refractivity contribution in [1.82, 2.24) is 5.32 Å². The summed E-state index contributed by atoms with van der Waals surface area (Å²) in [6.07, 6.45) is 10.0. The molecule has 8 nitrogen and oxygen atoms in total. The molecule has 4 aromatic rings. The van der Waals surface area contributed by atoms with Crippen molar-refractivity contribution in [3.63, 3.8) is 0 Å². The van der Waals surface area contributed by atoms with E-state index in [-0.39, 0.29) is 53.1 Å². The minimum Gasteiger partial charge on any atom is -1.00 e. The van der Waals surface area contributed by atoms with Gasteiger partial charge in [0, 0.05) is 66.3 Å². The van der Waals surface area contributed by atoms with Crippen molar-refractivity contribution in [3.8, 4) is 0 Å². The minimum absolute atomic E-state index is 0. The predicted molar refractivity (Wildman–Crippen MR) is 220 cm³/mol. The first-order valence-corrected chi connectivity index (χ1v) is 18.9. The number of likely N-dealkylation sites (N-methyl/N-ethyl adjacent to an activating group) is 1. The summed E-state index contributed by atoms with van der Waals surface area (Å²) in [4.78, 5) is 27.7. The number of para-hydroxylation sites is 2. The van der Waals surface area contributed by atoms with Crippen molar-refractivity contribution in [1.29, 1.82) is 0 Å². The van der Waals surface area contributed by atoms with Crippen molar-refractivity contribution in [2.75, 3.05) is 19.0 Å². The fourth-order valence-corrected chi connectivity index (χ4v) is 8.49. The number of benzene rings is 4. The average molecular weight is 861 g/mol. The summed E-state index contributed by atoms with van der Waals surface area (Å²) in [6.45, 7) is 9.59. The summed E-state index contributed by atoms with van der Waals surface area (Å²) in [6, 6.07) is 33.3. The number of nitrogens with one attached hydrogen (secondary N) is 1. The van der Waals surface area contributed by atoms with Crippen molar-refractivity contribution in [3.05, 3.63) is 182 Å². The van der Waals surface area contributed by atoms with Gasteiger partial charge in [-0.3, -0.25) is 10.1 Å². The molecule has 0 spiro atoms. The van der Waals surface area contributed by atoms with Crippen LogP contribution in [0.25, 0.3) is 0 Å². The van der Waals surface area contributed by atoms with Crippen LogP contribution in [-0.4, -0.2) is 41.3 Å². The van der Waals surface area contributed by atoms with E-state index in [1.807, 2.05) is 18.2 Å². The van der Waals surface area contributed by atoms with Crippen molar-refractivity contribution in [2.45, 2.75) is 70.6 Å². The molecule has 3 aliphatic rings. The molecule has 2 aliphatic heterocycles. The highest BCUT2D eigenvalue weighted by Crippen LogP contribution is 2.47. The van der Waals surface area contributed by atoms with Crippen LogP contribution in [0.5, 0.6) is 0 Å². The van der Waals surface area contributed by atoms with E-state index < -0.39 is 10.9 Å². The zero-order valence-corrected chi connectivity index (χ0v) is 35.0. The number of hydrogen-bond donors (Lipinski definition) is 1. The zero-order valence-electron chi connectivity index (χ0n) is 32.9. The van der Waals surface area contributed by atoms with Crippen LogP contribution in [-0.2, 0) is 33.5 Å². The highest BCUT2D eigenvalue weighted by Gasteiger charge is 2.43. The number of carbonyl (C=O) groups is 1. The first kappa shape index (κ1) is 40.5. The predicted octanol–water partition coefficient (Wildman–Crippen LogP) is 6.39. The average Bonchev–Trinajstić information content (AvgIpc) is 3.51. The Morgan fingerprint density at radius 1 is 0.875 bits per heavy atom. The molecule has 0 radical (unpaired) electrons. The fraction of sp³-hybridized carbons (Fsp3) is 0.277. The van der Waals surface area contributed by atoms with E-state index in [1.54, 1.807) is 12.1 Å². The lowest BCUT2D eigenvalue weighted by Gasteiger charge is -2.30. The smallest absolute Gasteiger partial charge is 0.339 e. The number of halogens is 1. The molecule has 2 heterocycles. The van der Waals surface area contributed by atoms with E-state index in [4.69, 9.17) is 4.74 Å². The molecule has 56 heavy (non-hydrogen) atoms. The van der Waals surface area contributed by atoms with Crippen molar-refractivity contribution < 1.29 is 43.0 Å². The van der Waals surface area contributed by atoms with E-state index in [2.05, 4.69) is 142 Å². The Bertz CT molecular complexity index is 2300. The molecule has 1 aliphatic carbocycles. The van der Waals surface area contributed by atoms with Gasteiger partial charge in [-0.15, -0.1) is 0 Å². The molecular weight excluding hydrogens is 811 g/mol. The standard InChI is InChI=1S/C47H49N4O4.HI/c1-46(2)37-16-10-12-18-40(37)49(5)42(46)28-23-34-22-27-39(48-30-32-14-8-7-9-15-32)36(26-29-43-47(3,4)38-17-11-13-19-41(38)50(43)6)44(34)45(52)55-31-33-20-24-35(25-21-33)51(53)54;/h7-21,23-26,28-29,39,48H,22,27,30-31H2,1-6H3;1H/q+1;/p-1. The van der Waals surface area contributed by atoms with E-state index in [9.17, 15) is 14.9 Å². The summed E-state index contributed by atoms with van der Waals surface area (Å²) in [7, 11) is 4.20. The van der Waals surface area contributed by atoms with Gasteiger partial charge in [-0.05, 0) is 78.8 Å². The van der Waals surface area contributed by atoms with Gasteiger partial charge in [0.15, 0.2) is 5.71 Å². The van der Waals surface area contributed by atoms with Crippen LogP contribution >= 0.6 is 0 Å². The van der Waals surface area contributed by atoms with Crippen molar-refractivity contribution >= 4 is 28.7 Å². The van der Waals surface area contributed by atoms with Gasteiger partial charge >= 0.3 is 5.97 Å². The number of nitro benzene ring substituents is 1. The second-order valence-corrected chi connectivity index (χ2v) is 15.7. The fourth-order valence-electron chi connectivity index (χ4n) is 8.49. The van der Waals surface area contributed by atoms with E-state index in [1.165, 1.54) is 34.6 Å². The topological polar surface area (TPSA) is 87.7 Å². The second-order valence-electron chi connectivity index (χ2n) is 15.7. The molecule has 9 heteroatoms. The molecular formula is C47H49IN4O4. The summed E-state index contributed by atoms with van der Waals surface area (Å²) >= 11 is 0. The van der Waals surface area contributed by atoms with Crippen molar-refractivity contribution in [2.24, 2.45) is 0 Å². The molecule has 4 aromatic carbocycles. The maximum absolute atomic E-state index is 14.6. The van der Waals surface area contributed by atoms with Crippen LogP contribution < -0.4 is 34.2 Å². The SMILES string of the molecule is CN1C(=CC=C2C(C(=O)OCc3ccc([N+](=O)[O-])cc3)=C(C=CC3=[N+](C)c4ccccc4C3(C)C)CCC2NCc2ccccc2)C(C)(C)c2ccccc21.[I-]. The molecule has 0 bridgehead atoms. The van der Waals surface area contributed by atoms with Gasteiger partial charge in [0.2, 0.25) is 5.69 Å². The van der Waals surface area contributed by atoms with Gasteiger partial charge in [-0.1, -0.05) is 92.7 Å². The Morgan fingerprint density at radius 3 is 2.21 bits per heavy atom. The van der Waals surface area contributed by atoms with Crippen LogP contribution in [0.1, 0.15) is 62.8 Å². The highest BCUT2D eigenvalue weighted by molar-refractivity contribution is 6.04. The number of nitro groups is 1. The second kappa shape index (κ2) is 16.5. The Kier molecular flexibility index (Phi) is 12.0. The summed E-state index contributed by atoms with van der Waals surface area (Å²) < 4.78 is 8.33. The third-order valence-corrected chi connectivity index (χ3v) is 11.5. The van der Waals surface area contributed by atoms with Gasteiger partial charge in [0.1, 0.15) is 13.7 Å². The first-order chi connectivity index (χ1) is 26.4. The molecule has 0 saturated heterocycles. The molecule has 7 rings (SSSR count). The van der Waals surface area contributed by atoms with Gasteiger partial charge in [0.25, 0.3) is 5.69 Å². The monoisotopic (exact) mass is 860 g/mol. The largest absolute Gasteiger partial charge is 1.00 e. The molecule has 1 N–H and O–H groups in total. The molecule has 0 saturated carbocycles. The zero-order chi connectivity index (χ0) is 38.9. The normalized spacial score (nSPS) is 19.7. The first-order valence-electron chi connectivity index (χ1n) is 18.9. The number of anilines is 1. The van der Waals surface area contributed by atoms with Crippen LogP contribution in [0, 0.1) is 10.1 Å². The van der Waals surface area contributed by atoms with E-state index in [0.717, 1.165) is 34.5 Å². The number of fused-ring (bicyclic) bond motifs is 2. The lowest BCUT2D eigenvalue weighted by molar-refractivity contribution is -0.401. The molecule has 1 atom stereocenters. The Morgan fingerprint density at radius 2 is 1.54 bits per heavy atom. The van der Waals surface area contributed by atoms with Crippen LogP contribution in [0.3, 0.4) is 0 Å². The third-order valence-electron chi connectivity index (χ3n) is 11.5. The molecule has 288 valence electrons. The summed E-state index contributed by atoms with van der Waals surface area (Å²) in [5.74, 6) is -0.427. The Balaban J connectivity index is 0.00000532. The number of non-ortho nitro benzene ring substituents is 1. The number of hydrogen-bond acceptors (Lipinski definition) is 6. The molecule has 0 fully saturated rings. The highest BCUT2D eigenvalue weighted by atomic mass is 127. The maximum Gasteiger partial charge on any atom is 0.339 e. The third kappa shape index (κ3) is 7.79. The number of carbonyl (C=O) groups excluding carboxylic acids is 1. The maximum atomic E-state index is 14.6. The van der Waals surface area contributed by atoms with Crippen LogP contribution in [0.4, 0.5) is 17.1 Å². The van der Waals surface area contributed by atoms with Gasteiger partial charge < -0.3 is 38.9 Å². The Hall–Kier alpha value is -5.13. The van der Waals surface area contributed by atoms with E-state index >= 15 is 0 Å². The van der Waals surface area contributed by atoms with Gasteiger partial charge in [0.05, 0.1) is 15.9 Å². The summed E-state index contributed by atoms with van der Waals surface area (Å²) in [5, 5.41) is 15.1. The number of nitrogens with zero attached hydrogens (tertiary/aromatic N) is 3. The number of rotatable bonds is 10.